The summed E-state index contributed by atoms with van der Waals surface area (Å²) < 4.78 is 27.1. The summed E-state index contributed by atoms with van der Waals surface area (Å²) in [6.07, 6.45) is 3.60. The maximum absolute atomic E-state index is 13.5. The SMILES string of the molecule is C#Cc1cccc(NC(=O)C(=O)NC[C@H](O)c2c(F)cccc2F)c1. The van der Waals surface area contributed by atoms with Gasteiger partial charge in [0, 0.05) is 17.8 Å². The third-order valence-corrected chi connectivity index (χ3v) is 3.28. The molecule has 0 aromatic heterocycles. The number of halogens is 2. The number of carbonyl (C=O) groups is 2. The molecule has 0 bridgehead atoms. The first-order chi connectivity index (χ1) is 11.9. The molecule has 0 aliphatic carbocycles. The highest BCUT2D eigenvalue weighted by Gasteiger charge is 2.20. The highest BCUT2D eigenvalue weighted by molar-refractivity contribution is 6.39. The highest BCUT2D eigenvalue weighted by atomic mass is 19.1. The molecular formula is C18H14F2N2O3. The van der Waals surface area contributed by atoms with Crippen molar-refractivity contribution in [1.82, 2.24) is 5.32 Å². The Bertz CT molecular complexity index is 826. The summed E-state index contributed by atoms with van der Waals surface area (Å²) in [5.41, 5.74) is 0.255. The fraction of sp³-hybridized carbons (Fsp3) is 0.111. The number of anilines is 1. The van der Waals surface area contributed by atoms with Crippen LogP contribution in [0.5, 0.6) is 0 Å². The molecule has 0 aliphatic heterocycles. The lowest BCUT2D eigenvalue weighted by molar-refractivity contribution is -0.136. The summed E-state index contributed by atoms with van der Waals surface area (Å²) in [6.45, 7) is -0.533. The van der Waals surface area contributed by atoms with Gasteiger partial charge in [-0.15, -0.1) is 6.42 Å². The molecule has 0 aliphatic rings. The summed E-state index contributed by atoms with van der Waals surface area (Å²) in [4.78, 5) is 23.5. The third-order valence-electron chi connectivity index (χ3n) is 3.28. The zero-order chi connectivity index (χ0) is 18.4. The third kappa shape index (κ3) is 4.62. The topological polar surface area (TPSA) is 78.4 Å². The highest BCUT2D eigenvalue weighted by Crippen LogP contribution is 2.19. The normalized spacial score (nSPS) is 11.3. The van der Waals surface area contributed by atoms with Gasteiger partial charge in [-0.1, -0.05) is 18.1 Å². The van der Waals surface area contributed by atoms with Crippen molar-refractivity contribution in [2.75, 3.05) is 11.9 Å². The lowest BCUT2D eigenvalue weighted by Crippen LogP contribution is -2.37. The molecule has 0 saturated carbocycles. The molecule has 7 heteroatoms. The molecule has 2 aromatic rings. The maximum atomic E-state index is 13.5. The Hall–Kier alpha value is -3.24. The number of terminal acetylenes is 1. The van der Waals surface area contributed by atoms with E-state index in [2.05, 4.69) is 16.6 Å². The molecule has 0 saturated heterocycles. The molecule has 5 nitrogen and oxygen atoms in total. The quantitative estimate of drug-likeness (QED) is 0.584. The summed E-state index contributed by atoms with van der Waals surface area (Å²) >= 11 is 0. The zero-order valence-corrected chi connectivity index (χ0v) is 12.9. The van der Waals surface area contributed by atoms with E-state index in [0.29, 0.717) is 11.3 Å². The van der Waals surface area contributed by atoms with Gasteiger partial charge in [-0.3, -0.25) is 9.59 Å². The van der Waals surface area contributed by atoms with E-state index in [1.165, 1.54) is 12.1 Å². The van der Waals surface area contributed by atoms with Crippen LogP contribution in [0.1, 0.15) is 17.2 Å². The van der Waals surface area contributed by atoms with E-state index in [4.69, 9.17) is 6.42 Å². The Balaban J connectivity index is 1.95. The predicted octanol–water partition coefficient (Wildman–Crippen LogP) is 1.73. The minimum Gasteiger partial charge on any atom is -0.386 e. The van der Waals surface area contributed by atoms with Crippen LogP contribution in [0.2, 0.25) is 0 Å². The number of hydrogen-bond acceptors (Lipinski definition) is 3. The van der Waals surface area contributed by atoms with Crippen LogP contribution in [-0.2, 0) is 9.59 Å². The lowest BCUT2D eigenvalue weighted by Gasteiger charge is -2.13. The van der Waals surface area contributed by atoms with Crippen LogP contribution in [0.15, 0.2) is 42.5 Å². The fourth-order valence-corrected chi connectivity index (χ4v) is 2.08. The van der Waals surface area contributed by atoms with Gasteiger partial charge in [-0.2, -0.15) is 0 Å². The molecule has 2 aromatic carbocycles. The van der Waals surface area contributed by atoms with Crippen molar-refractivity contribution in [3.8, 4) is 12.3 Å². The van der Waals surface area contributed by atoms with Gasteiger partial charge in [0.15, 0.2) is 0 Å². The van der Waals surface area contributed by atoms with Crippen LogP contribution in [0.4, 0.5) is 14.5 Å². The predicted molar refractivity (Wildman–Crippen MR) is 87.3 cm³/mol. The number of aliphatic hydroxyl groups excluding tert-OH is 1. The van der Waals surface area contributed by atoms with Crippen molar-refractivity contribution in [3.63, 3.8) is 0 Å². The summed E-state index contributed by atoms with van der Waals surface area (Å²) in [5, 5.41) is 14.3. The van der Waals surface area contributed by atoms with Crippen LogP contribution in [0.3, 0.4) is 0 Å². The number of aliphatic hydroxyl groups is 1. The first-order valence-electron chi connectivity index (χ1n) is 7.20. The second-order valence-corrected chi connectivity index (χ2v) is 5.04. The van der Waals surface area contributed by atoms with E-state index < -0.39 is 41.7 Å². The summed E-state index contributed by atoms with van der Waals surface area (Å²) in [6, 6.07) is 9.40. The minimum atomic E-state index is -1.64. The molecule has 0 fully saturated rings. The van der Waals surface area contributed by atoms with Gasteiger partial charge >= 0.3 is 11.8 Å². The number of carbonyl (C=O) groups excluding carboxylic acids is 2. The first kappa shape index (κ1) is 18.1. The van der Waals surface area contributed by atoms with E-state index in [1.54, 1.807) is 12.1 Å². The van der Waals surface area contributed by atoms with Crippen molar-refractivity contribution in [3.05, 3.63) is 65.2 Å². The molecule has 128 valence electrons. The fourth-order valence-electron chi connectivity index (χ4n) is 2.08. The van der Waals surface area contributed by atoms with Gasteiger partial charge in [0.1, 0.15) is 17.7 Å². The zero-order valence-electron chi connectivity index (χ0n) is 12.9. The number of amides is 2. The van der Waals surface area contributed by atoms with Crippen LogP contribution in [0.25, 0.3) is 0 Å². The number of nitrogens with one attached hydrogen (secondary N) is 2. The molecule has 25 heavy (non-hydrogen) atoms. The van der Waals surface area contributed by atoms with Crippen LogP contribution < -0.4 is 10.6 Å². The Morgan fingerprint density at radius 3 is 2.40 bits per heavy atom. The summed E-state index contributed by atoms with van der Waals surface area (Å²) in [7, 11) is 0. The second kappa shape index (κ2) is 8.04. The smallest absolute Gasteiger partial charge is 0.313 e. The van der Waals surface area contributed by atoms with Crippen molar-refractivity contribution in [2.24, 2.45) is 0 Å². The molecular weight excluding hydrogens is 330 g/mol. The molecule has 0 heterocycles. The molecule has 2 rings (SSSR count). The number of hydrogen-bond donors (Lipinski definition) is 3. The molecule has 0 radical (unpaired) electrons. The van der Waals surface area contributed by atoms with Gasteiger partial charge in [0.25, 0.3) is 0 Å². The number of rotatable bonds is 4. The van der Waals surface area contributed by atoms with Crippen LogP contribution in [0, 0.1) is 24.0 Å². The Morgan fingerprint density at radius 1 is 1.12 bits per heavy atom. The van der Waals surface area contributed by atoms with Gasteiger partial charge in [-0.05, 0) is 30.3 Å². The van der Waals surface area contributed by atoms with E-state index in [9.17, 15) is 23.5 Å². The summed E-state index contributed by atoms with van der Waals surface area (Å²) in [5.74, 6) is -1.58. The van der Waals surface area contributed by atoms with E-state index in [0.717, 1.165) is 18.2 Å². The first-order valence-corrected chi connectivity index (χ1v) is 7.20. The lowest BCUT2D eigenvalue weighted by atomic mass is 10.1. The van der Waals surface area contributed by atoms with Crippen molar-refractivity contribution in [1.29, 1.82) is 0 Å². The van der Waals surface area contributed by atoms with Crippen LogP contribution in [-0.4, -0.2) is 23.5 Å². The van der Waals surface area contributed by atoms with Gasteiger partial charge in [0.2, 0.25) is 0 Å². The standard InChI is InChI=1S/C18H14F2N2O3/c1-2-11-5-3-6-12(9-11)22-18(25)17(24)21-10-15(23)16-13(19)7-4-8-14(16)20/h1,3-9,15,23H,10H2,(H,21,24)(H,22,25)/t15-/m0/s1. The van der Waals surface area contributed by atoms with E-state index in [-0.39, 0.29) is 0 Å². The molecule has 0 spiro atoms. The van der Waals surface area contributed by atoms with Gasteiger partial charge < -0.3 is 15.7 Å². The Morgan fingerprint density at radius 2 is 1.76 bits per heavy atom. The van der Waals surface area contributed by atoms with Gasteiger partial charge in [0.05, 0.1) is 5.56 Å². The Kier molecular flexibility index (Phi) is 5.82. The van der Waals surface area contributed by atoms with E-state index in [1.807, 2.05) is 0 Å². The van der Waals surface area contributed by atoms with Crippen molar-refractivity contribution in [2.45, 2.75) is 6.10 Å². The van der Waals surface area contributed by atoms with Crippen molar-refractivity contribution >= 4 is 17.5 Å². The molecule has 2 amide bonds. The maximum Gasteiger partial charge on any atom is 0.313 e. The Labute approximate surface area is 142 Å². The van der Waals surface area contributed by atoms with Gasteiger partial charge in [-0.25, -0.2) is 8.78 Å². The second-order valence-electron chi connectivity index (χ2n) is 5.04. The largest absolute Gasteiger partial charge is 0.386 e. The average molecular weight is 344 g/mol. The molecule has 1 atom stereocenters. The molecule has 0 unspecified atom stereocenters. The monoisotopic (exact) mass is 344 g/mol. The average Bonchev–Trinajstić information content (AvgIpc) is 2.59. The molecule has 3 N–H and O–H groups in total. The van der Waals surface area contributed by atoms with E-state index >= 15 is 0 Å². The van der Waals surface area contributed by atoms with Crippen molar-refractivity contribution < 1.29 is 23.5 Å². The van der Waals surface area contributed by atoms with Crippen LogP contribution >= 0.6 is 0 Å². The number of benzene rings is 2. The minimum absolute atomic E-state index is 0.316.